The van der Waals surface area contributed by atoms with Crippen LogP contribution in [0.3, 0.4) is 0 Å². The number of aliphatic hydroxyl groups excluding tert-OH is 1. The van der Waals surface area contributed by atoms with E-state index in [-0.39, 0.29) is 11.8 Å². The van der Waals surface area contributed by atoms with Crippen molar-refractivity contribution in [2.75, 3.05) is 0 Å². The zero-order chi connectivity index (χ0) is 20.9. The molecule has 2 aliphatic carbocycles. The number of rotatable bonds is 4. The molecule has 1 atom stereocenters. The largest absolute Gasteiger partial charge is 0.433 e. The van der Waals surface area contributed by atoms with Gasteiger partial charge in [-0.15, -0.1) is 0 Å². The summed E-state index contributed by atoms with van der Waals surface area (Å²) in [4.78, 5) is 7.86. The Bertz CT molecular complexity index is 1030. The van der Waals surface area contributed by atoms with Crippen LogP contribution in [0.1, 0.15) is 78.8 Å². The average Bonchev–Trinajstić information content (AvgIpc) is 3.48. The fraction of sp³-hybridized carbons (Fsp3) is 0.478. The van der Waals surface area contributed by atoms with Crippen LogP contribution in [-0.2, 0) is 6.18 Å². The highest BCUT2D eigenvalue weighted by Crippen LogP contribution is 2.48. The van der Waals surface area contributed by atoms with Gasteiger partial charge in [0.25, 0.3) is 0 Å². The number of nitrogens with zero attached hydrogens (tertiary/aromatic N) is 3. The molecule has 2 aliphatic rings. The third-order valence-corrected chi connectivity index (χ3v) is 6.75. The first kappa shape index (κ1) is 19.5. The Morgan fingerprint density at radius 1 is 0.967 bits per heavy atom. The molecule has 3 heterocycles. The van der Waals surface area contributed by atoms with E-state index in [2.05, 4.69) is 16.0 Å². The fourth-order valence-electron chi connectivity index (χ4n) is 4.92. The quantitative estimate of drug-likeness (QED) is 0.601. The second-order valence-electron chi connectivity index (χ2n) is 8.68. The van der Waals surface area contributed by atoms with E-state index >= 15 is 0 Å². The molecule has 3 aromatic rings. The summed E-state index contributed by atoms with van der Waals surface area (Å²) >= 11 is 0. The van der Waals surface area contributed by atoms with Crippen molar-refractivity contribution in [1.29, 1.82) is 0 Å². The lowest BCUT2D eigenvalue weighted by atomic mass is 9.75. The Morgan fingerprint density at radius 2 is 1.70 bits per heavy atom. The van der Waals surface area contributed by atoms with Gasteiger partial charge in [0.15, 0.2) is 0 Å². The molecule has 0 spiro atoms. The molecule has 0 unspecified atom stereocenters. The lowest BCUT2D eigenvalue weighted by molar-refractivity contribution is -0.141. The second kappa shape index (κ2) is 7.38. The van der Waals surface area contributed by atoms with E-state index in [1.165, 1.54) is 11.8 Å². The fourth-order valence-corrected chi connectivity index (χ4v) is 4.92. The summed E-state index contributed by atoms with van der Waals surface area (Å²) in [5, 5.41) is 11.3. The smallest absolute Gasteiger partial charge is 0.388 e. The van der Waals surface area contributed by atoms with Crippen molar-refractivity contribution >= 4 is 5.52 Å². The van der Waals surface area contributed by atoms with Crippen LogP contribution in [0.5, 0.6) is 0 Å². The Kier molecular flexibility index (Phi) is 4.81. The van der Waals surface area contributed by atoms with Gasteiger partial charge >= 0.3 is 6.18 Å². The van der Waals surface area contributed by atoms with Crippen LogP contribution in [-0.4, -0.2) is 19.5 Å². The third kappa shape index (κ3) is 3.60. The summed E-state index contributed by atoms with van der Waals surface area (Å²) in [7, 11) is 0. The van der Waals surface area contributed by atoms with E-state index in [1.807, 2.05) is 16.8 Å². The first-order chi connectivity index (χ1) is 14.4. The molecule has 7 heteroatoms. The normalized spacial score (nSPS) is 23.6. The Balaban J connectivity index is 1.32. The molecule has 0 bridgehead atoms. The van der Waals surface area contributed by atoms with Crippen LogP contribution >= 0.6 is 0 Å². The van der Waals surface area contributed by atoms with Crippen LogP contribution in [0.4, 0.5) is 13.2 Å². The highest BCUT2D eigenvalue weighted by atomic mass is 19.4. The topological polar surface area (TPSA) is 50.4 Å². The minimum absolute atomic E-state index is 0.141. The lowest BCUT2D eigenvalue weighted by Gasteiger charge is -2.33. The van der Waals surface area contributed by atoms with Gasteiger partial charge in [-0.3, -0.25) is 4.98 Å². The Hall–Kier alpha value is -2.41. The lowest BCUT2D eigenvalue weighted by Crippen LogP contribution is -2.21. The molecule has 1 N–H and O–H groups in total. The van der Waals surface area contributed by atoms with Gasteiger partial charge in [0.2, 0.25) is 0 Å². The van der Waals surface area contributed by atoms with E-state index in [4.69, 9.17) is 0 Å². The van der Waals surface area contributed by atoms with Gasteiger partial charge in [-0.2, -0.15) is 13.2 Å². The van der Waals surface area contributed by atoms with Gasteiger partial charge < -0.3 is 9.51 Å². The predicted octanol–water partition coefficient (Wildman–Crippen LogP) is 5.63. The van der Waals surface area contributed by atoms with E-state index in [0.29, 0.717) is 5.92 Å². The maximum absolute atomic E-state index is 12.7. The molecule has 4 nitrogen and oxygen atoms in total. The van der Waals surface area contributed by atoms with Gasteiger partial charge in [-0.05, 0) is 79.5 Å². The van der Waals surface area contributed by atoms with Gasteiger partial charge in [-0.25, -0.2) is 4.98 Å². The first-order valence-electron chi connectivity index (χ1n) is 10.6. The molecule has 158 valence electrons. The third-order valence-electron chi connectivity index (χ3n) is 6.75. The minimum Gasteiger partial charge on any atom is -0.388 e. The number of alkyl halides is 3. The molecule has 0 aliphatic heterocycles. The molecule has 2 fully saturated rings. The van der Waals surface area contributed by atoms with Crippen LogP contribution < -0.4 is 0 Å². The van der Waals surface area contributed by atoms with Crippen molar-refractivity contribution in [1.82, 2.24) is 14.4 Å². The number of hydrogen-bond donors (Lipinski definition) is 1. The first-order valence-corrected chi connectivity index (χ1v) is 10.6. The van der Waals surface area contributed by atoms with Crippen molar-refractivity contribution in [3.05, 3.63) is 65.5 Å². The molecule has 0 radical (unpaired) electrons. The van der Waals surface area contributed by atoms with Crippen molar-refractivity contribution in [2.24, 2.45) is 5.92 Å². The Morgan fingerprint density at radius 3 is 2.33 bits per heavy atom. The van der Waals surface area contributed by atoms with Crippen molar-refractivity contribution < 1.29 is 18.3 Å². The Labute approximate surface area is 172 Å². The van der Waals surface area contributed by atoms with Crippen molar-refractivity contribution in [3.8, 4) is 0 Å². The highest BCUT2D eigenvalue weighted by Gasteiger charge is 2.35. The van der Waals surface area contributed by atoms with Crippen LogP contribution in [0.25, 0.3) is 5.52 Å². The van der Waals surface area contributed by atoms with Crippen LogP contribution in [0.15, 0.2) is 43.1 Å². The summed E-state index contributed by atoms with van der Waals surface area (Å²) in [6.45, 7) is 0. The van der Waals surface area contributed by atoms with E-state index in [9.17, 15) is 18.3 Å². The monoisotopic (exact) mass is 415 g/mol. The maximum Gasteiger partial charge on any atom is 0.433 e. The number of halogens is 3. The summed E-state index contributed by atoms with van der Waals surface area (Å²) in [5.74, 6) is 0.864. The molecule has 5 rings (SSSR count). The summed E-state index contributed by atoms with van der Waals surface area (Å²) in [6.07, 6.45) is 7.70. The standard InChI is InChI=1S/C23H24F3N3O/c24-23(25,26)20-8-7-17(11-28-20)14-1-5-16(6-2-14)22(30)21-18(15-3-4-15)9-10-29-13-27-12-19(21)29/h7-16,22,30H,1-6H2/t14?,16?,22-/m0/s1. The highest BCUT2D eigenvalue weighted by molar-refractivity contribution is 5.59. The van der Waals surface area contributed by atoms with E-state index in [1.54, 1.807) is 12.4 Å². The zero-order valence-electron chi connectivity index (χ0n) is 16.5. The summed E-state index contributed by atoms with van der Waals surface area (Å²) < 4.78 is 40.2. The molecule has 2 saturated carbocycles. The van der Waals surface area contributed by atoms with Gasteiger partial charge in [-0.1, -0.05) is 6.07 Å². The number of hydrogen-bond acceptors (Lipinski definition) is 3. The van der Waals surface area contributed by atoms with Gasteiger partial charge in [0.1, 0.15) is 5.69 Å². The molecule has 0 saturated heterocycles. The predicted molar refractivity (Wildman–Crippen MR) is 106 cm³/mol. The van der Waals surface area contributed by atoms with Crippen LogP contribution in [0.2, 0.25) is 0 Å². The second-order valence-corrected chi connectivity index (χ2v) is 8.68. The minimum atomic E-state index is -4.41. The number of aliphatic hydroxyl groups is 1. The molecular formula is C23H24F3N3O. The van der Waals surface area contributed by atoms with E-state index in [0.717, 1.165) is 61.2 Å². The number of fused-ring (bicyclic) bond motifs is 1. The number of pyridine rings is 2. The molecule has 0 amide bonds. The van der Waals surface area contributed by atoms with E-state index < -0.39 is 18.0 Å². The van der Waals surface area contributed by atoms with Gasteiger partial charge in [0, 0.05) is 18.0 Å². The molecule has 0 aromatic carbocycles. The molecular weight excluding hydrogens is 391 g/mol. The van der Waals surface area contributed by atoms with Crippen molar-refractivity contribution in [2.45, 2.75) is 62.6 Å². The van der Waals surface area contributed by atoms with Gasteiger partial charge in [0.05, 0.1) is 24.1 Å². The molecule has 3 aromatic heterocycles. The summed E-state index contributed by atoms with van der Waals surface area (Å²) in [5.41, 5.74) is 3.23. The number of aromatic nitrogens is 3. The number of imidazole rings is 1. The SMILES string of the molecule is O[C@H](c1c(C2CC2)ccn2cncc12)C1CCC(c2ccc(C(F)(F)F)nc2)CC1. The average molecular weight is 415 g/mol. The van der Waals surface area contributed by atoms with Crippen LogP contribution in [0, 0.1) is 5.92 Å². The van der Waals surface area contributed by atoms with Crippen molar-refractivity contribution in [3.63, 3.8) is 0 Å². The summed E-state index contributed by atoms with van der Waals surface area (Å²) in [6, 6.07) is 4.73. The molecule has 30 heavy (non-hydrogen) atoms. The zero-order valence-corrected chi connectivity index (χ0v) is 16.5. The maximum atomic E-state index is 12.7.